The van der Waals surface area contributed by atoms with E-state index in [1.165, 1.54) is 31.9 Å². The lowest BCUT2D eigenvalue weighted by atomic mass is 10.1. The molecule has 1 amide bonds. The molecule has 1 heterocycles. The van der Waals surface area contributed by atoms with Crippen LogP contribution in [0.15, 0.2) is 47.4 Å². The van der Waals surface area contributed by atoms with E-state index in [9.17, 15) is 13.2 Å². The Kier molecular flexibility index (Phi) is 6.05. The number of nitrogens with one attached hydrogen (secondary N) is 2. The van der Waals surface area contributed by atoms with Crippen molar-refractivity contribution in [3.63, 3.8) is 0 Å². The summed E-state index contributed by atoms with van der Waals surface area (Å²) < 4.78 is 27.4. The van der Waals surface area contributed by atoms with Crippen LogP contribution in [-0.2, 0) is 14.8 Å². The number of hydrogen-bond donors (Lipinski definition) is 2. The van der Waals surface area contributed by atoms with Gasteiger partial charge in [0.05, 0.1) is 10.9 Å². The second-order valence-corrected chi connectivity index (χ2v) is 9.05. The number of aryl methyl sites for hydroxylation is 2. The highest BCUT2D eigenvalue weighted by Crippen LogP contribution is 2.25. The average Bonchev–Trinajstić information content (AvgIpc) is 3.18. The molecule has 0 aliphatic carbocycles. The molecule has 0 radical (unpaired) electrons. The van der Waals surface area contributed by atoms with Gasteiger partial charge in [0.1, 0.15) is 0 Å². The van der Waals surface area contributed by atoms with Gasteiger partial charge in [-0.25, -0.2) is 8.42 Å². The van der Waals surface area contributed by atoms with E-state index in [2.05, 4.69) is 21.0 Å². The minimum absolute atomic E-state index is 0.142. The Balaban J connectivity index is 1.66. The van der Waals surface area contributed by atoms with E-state index in [1.54, 1.807) is 12.1 Å². The van der Waals surface area contributed by atoms with Gasteiger partial charge >= 0.3 is 0 Å². The van der Waals surface area contributed by atoms with Gasteiger partial charge < -0.3 is 10.2 Å². The SMILES string of the molecule is Cc1ccc(S(=O)(=O)N[C@@H](C)C(=O)Nc2ccc(N3CCCC3)cc2C)cc1. The van der Waals surface area contributed by atoms with Gasteiger partial charge in [0, 0.05) is 24.5 Å². The van der Waals surface area contributed by atoms with Crippen LogP contribution in [0.2, 0.25) is 0 Å². The number of hydrogen-bond acceptors (Lipinski definition) is 4. The van der Waals surface area contributed by atoms with Crippen molar-refractivity contribution in [1.82, 2.24) is 4.72 Å². The summed E-state index contributed by atoms with van der Waals surface area (Å²) in [6.07, 6.45) is 2.41. The second kappa shape index (κ2) is 8.32. The van der Waals surface area contributed by atoms with Gasteiger partial charge in [-0.3, -0.25) is 4.79 Å². The van der Waals surface area contributed by atoms with E-state index in [4.69, 9.17) is 0 Å². The van der Waals surface area contributed by atoms with Gasteiger partial charge in [0.15, 0.2) is 0 Å². The first-order valence-corrected chi connectivity index (χ1v) is 11.0. The van der Waals surface area contributed by atoms with Crippen LogP contribution >= 0.6 is 0 Å². The third kappa shape index (κ3) is 4.72. The van der Waals surface area contributed by atoms with Crippen LogP contribution in [0.4, 0.5) is 11.4 Å². The summed E-state index contributed by atoms with van der Waals surface area (Å²) in [5, 5.41) is 2.83. The topological polar surface area (TPSA) is 78.5 Å². The molecule has 1 fully saturated rings. The van der Waals surface area contributed by atoms with Crippen molar-refractivity contribution >= 4 is 27.3 Å². The lowest BCUT2D eigenvalue weighted by Gasteiger charge is -2.20. The third-order valence-electron chi connectivity index (χ3n) is 5.00. The molecule has 2 aromatic rings. The van der Waals surface area contributed by atoms with Crippen molar-refractivity contribution < 1.29 is 13.2 Å². The minimum Gasteiger partial charge on any atom is -0.372 e. The fraction of sp³-hybridized carbons (Fsp3) is 0.381. The summed E-state index contributed by atoms with van der Waals surface area (Å²) in [5.41, 5.74) is 3.76. The maximum Gasteiger partial charge on any atom is 0.242 e. The molecule has 3 rings (SSSR count). The van der Waals surface area contributed by atoms with E-state index < -0.39 is 22.0 Å². The smallest absolute Gasteiger partial charge is 0.242 e. The molecule has 1 aliphatic heterocycles. The standard InChI is InChI=1S/C21H27N3O3S/c1-15-6-9-19(10-7-15)28(26,27)23-17(3)21(25)22-20-11-8-18(14-16(20)2)24-12-4-5-13-24/h6-11,14,17,23H,4-5,12-13H2,1-3H3,(H,22,25)/t17-/m0/s1. The first-order chi connectivity index (χ1) is 13.3. The zero-order valence-corrected chi connectivity index (χ0v) is 17.3. The summed E-state index contributed by atoms with van der Waals surface area (Å²) in [7, 11) is -3.76. The van der Waals surface area contributed by atoms with Gasteiger partial charge in [-0.2, -0.15) is 4.72 Å². The Bertz CT molecular complexity index is 949. The number of amides is 1. The molecule has 1 aliphatic rings. The third-order valence-corrected chi connectivity index (χ3v) is 6.55. The molecule has 150 valence electrons. The lowest BCUT2D eigenvalue weighted by Crippen LogP contribution is -2.41. The van der Waals surface area contributed by atoms with Crippen LogP contribution in [-0.4, -0.2) is 33.5 Å². The van der Waals surface area contributed by atoms with E-state index >= 15 is 0 Å². The largest absolute Gasteiger partial charge is 0.372 e. The Hall–Kier alpha value is -2.38. The van der Waals surface area contributed by atoms with E-state index in [1.807, 2.05) is 26.0 Å². The summed E-state index contributed by atoms with van der Waals surface area (Å²) in [6.45, 7) is 7.48. The average molecular weight is 402 g/mol. The van der Waals surface area contributed by atoms with Crippen LogP contribution in [0.3, 0.4) is 0 Å². The quantitative estimate of drug-likeness (QED) is 0.779. The molecule has 0 unspecified atom stereocenters. The number of rotatable bonds is 6. The van der Waals surface area contributed by atoms with Crippen LogP contribution in [0, 0.1) is 13.8 Å². The van der Waals surface area contributed by atoms with Crippen molar-refractivity contribution in [3.8, 4) is 0 Å². The van der Waals surface area contributed by atoms with Crippen molar-refractivity contribution in [2.45, 2.75) is 44.6 Å². The highest BCUT2D eigenvalue weighted by molar-refractivity contribution is 7.89. The normalized spacial score (nSPS) is 15.5. The number of benzene rings is 2. The number of anilines is 2. The number of sulfonamides is 1. The Morgan fingerprint density at radius 1 is 1.04 bits per heavy atom. The zero-order valence-electron chi connectivity index (χ0n) is 16.5. The Labute approximate surface area is 167 Å². The number of nitrogens with zero attached hydrogens (tertiary/aromatic N) is 1. The first kappa shape index (κ1) is 20.4. The minimum atomic E-state index is -3.76. The van der Waals surface area contributed by atoms with Crippen LogP contribution in [0.5, 0.6) is 0 Å². The van der Waals surface area contributed by atoms with Gasteiger partial charge in [0.2, 0.25) is 15.9 Å². The van der Waals surface area contributed by atoms with Gasteiger partial charge in [0.25, 0.3) is 0 Å². The molecular formula is C21H27N3O3S. The van der Waals surface area contributed by atoms with Crippen LogP contribution in [0.25, 0.3) is 0 Å². The molecule has 2 aromatic carbocycles. The highest BCUT2D eigenvalue weighted by atomic mass is 32.2. The summed E-state index contributed by atoms with van der Waals surface area (Å²) in [5.74, 6) is -0.396. The van der Waals surface area contributed by atoms with Crippen LogP contribution < -0.4 is 14.9 Å². The number of carbonyl (C=O) groups excluding carboxylic acids is 1. The molecule has 6 nitrogen and oxygen atoms in total. The zero-order chi connectivity index (χ0) is 20.3. The molecule has 28 heavy (non-hydrogen) atoms. The maximum absolute atomic E-state index is 12.5. The molecule has 1 atom stereocenters. The molecule has 0 aromatic heterocycles. The first-order valence-electron chi connectivity index (χ1n) is 9.52. The molecule has 0 saturated carbocycles. The van der Waals surface area contributed by atoms with Gasteiger partial charge in [-0.05, 0) is 69.5 Å². The van der Waals surface area contributed by atoms with E-state index in [0.29, 0.717) is 5.69 Å². The van der Waals surface area contributed by atoms with Crippen molar-refractivity contribution in [2.24, 2.45) is 0 Å². The Morgan fingerprint density at radius 3 is 2.29 bits per heavy atom. The highest BCUT2D eigenvalue weighted by Gasteiger charge is 2.22. The summed E-state index contributed by atoms with van der Waals surface area (Å²) in [4.78, 5) is 15.0. The predicted octanol–water partition coefficient (Wildman–Crippen LogP) is 3.21. The monoisotopic (exact) mass is 401 g/mol. The van der Waals surface area contributed by atoms with E-state index in [0.717, 1.165) is 29.9 Å². The fourth-order valence-corrected chi connectivity index (χ4v) is 4.48. The van der Waals surface area contributed by atoms with Crippen molar-refractivity contribution in [2.75, 3.05) is 23.3 Å². The molecule has 0 bridgehead atoms. The molecule has 7 heteroatoms. The molecule has 2 N–H and O–H groups in total. The van der Waals surface area contributed by atoms with Gasteiger partial charge in [-0.1, -0.05) is 17.7 Å². The predicted molar refractivity (Wildman–Crippen MR) is 112 cm³/mol. The Morgan fingerprint density at radius 2 is 1.68 bits per heavy atom. The fourth-order valence-electron chi connectivity index (χ4n) is 3.27. The summed E-state index contributed by atoms with van der Waals surface area (Å²) in [6, 6.07) is 11.5. The molecule has 1 saturated heterocycles. The molecule has 0 spiro atoms. The second-order valence-electron chi connectivity index (χ2n) is 7.34. The van der Waals surface area contributed by atoms with Crippen molar-refractivity contribution in [3.05, 3.63) is 53.6 Å². The molecular weight excluding hydrogens is 374 g/mol. The van der Waals surface area contributed by atoms with Gasteiger partial charge in [-0.15, -0.1) is 0 Å². The lowest BCUT2D eigenvalue weighted by molar-refractivity contribution is -0.117. The van der Waals surface area contributed by atoms with Crippen LogP contribution in [0.1, 0.15) is 30.9 Å². The number of carbonyl (C=O) groups is 1. The maximum atomic E-state index is 12.5. The van der Waals surface area contributed by atoms with E-state index in [-0.39, 0.29) is 4.90 Å². The van der Waals surface area contributed by atoms with Crippen molar-refractivity contribution in [1.29, 1.82) is 0 Å². The summed E-state index contributed by atoms with van der Waals surface area (Å²) >= 11 is 0.